The molecule has 0 unspecified atom stereocenters. The van der Waals surface area contributed by atoms with Crippen LogP contribution >= 0.6 is 0 Å². The number of halogens is 6. The van der Waals surface area contributed by atoms with Crippen molar-refractivity contribution in [2.75, 3.05) is 36.4 Å². The third-order valence-corrected chi connectivity index (χ3v) is 4.60. The van der Waals surface area contributed by atoms with Gasteiger partial charge in [0.25, 0.3) is 0 Å². The number of pyridine rings is 2. The van der Waals surface area contributed by atoms with Gasteiger partial charge in [0.15, 0.2) is 5.82 Å². The summed E-state index contributed by atoms with van der Waals surface area (Å²) in [5, 5.41) is 5.81. The van der Waals surface area contributed by atoms with Crippen molar-refractivity contribution in [3.05, 3.63) is 47.9 Å². The highest BCUT2D eigenvalue weighted by molar-refractivity contribution is 5.59. The normalized spacial score (nSPS) is 14.9. The Morgan fingerprint density at radius 2 is 1.58 bits per heavy atom. The molecular weight excluding hydrogens is 454 g/mol. The van der Waals surface area contributed by atoms with Crippen molar-refractivity contribution in [2.24, 2.45) is 0 Å². The smallest absolute Gasteiger partial charge is 0.338 e. The predicted octanol–water partition coefficient (Wildman–Crippen LogP) is 3.52. The van der Waals surface area contributed by atoms with Crippen LogP contribution in [0.5, 0.6) is 0 Å². The number of piperazine rings is 1. The molecule has 1 fully saturated rings. The highest BCUT2D eigenvalue weighted by atomic mass is 19.4. The van der Waals surface area contributed by atoms with Crippen molar-refractivity contribution in [3.63, 3.8) is 0 Å². The van der Waals surface area contributed by atoms with Crippen molar-refractivity contribution in [1.82, 2.24) is 30.2 Å². The number of hydrogen-bond acceptors (Lipinski definition) is 8. The van der Waals surface area contributed by atoms with Gasteiger partial charge in [0.05, 0.1) is 0 Å². The highest BCUT2D eigenvalue weighted by Crippen LogP contribution is 2.31. The molecule has 0 radical (unpaired) electrons. The van der Waals surface area contributed by atoms with Gasteiger partial charge in [0.2, 0.25) is 11.9 Å². The first-order valence-corrected chi connectivity index (χ1v) is 9.66. The van der Waals surface area contributed by atoms with E-state index >= 15 is 0 Å². The molecule has 4 heterocycles. The topological polar surface area (TPSA) is 91.8 Å². The number of nitrogens with one attached hydrogen (secondary N) is 2. The number of nitrogens with zero attached hydrogens (tertiary/aromatic N) is 6. The van der Waals surface area contributed by atoms with Crippen LogP contribution in [0, 0.1) is 0 Å². The van der Waals surface area contributed by atoms with Gasteiger partial charge in [-0.05, 0) is 24.3 Å². The third-order valence-electron chi connectivity index (χ3n) is 4.60. The third kappa shape index (κ3) is 5.45. The Balaban J connectivity index is 1.74. The van der Waals surface area contributed by atoms with Gasteiger partial charge in [-0.15, -0.1) is 0 Å². The van der Waals surface area contributed by atoms with Gasteiger partial charge in [0.1, 0.15) is 17.1 Å². The Labute approximate surface area is 183 Å². The fourth-order valence-electron chi connectivity index (χ4n) is 3.05. The molecule has 8 nitrogen and oxygen atoms in total. The average Bonchev–Trinajstić information content (AvgIpc) is 2.79. The molecule has 1 saturated heterocycles. The van der Waals surface area contributed by atoms with Crippen LogP contribution in [0.25, 0.3) is 11.5 Å². The second-order valence-electron chi connectivity index (χ2n) is 6.98. The molecule has 0 aromatic carbocycles. The minimum absolute atomic E-state index is 0.00210. The van der Waals surface area contributed by atoms with Crippen molar-refractivity contribution < 1.29 is 26.3 Å². The van der Waals surface area contributed by atoms with Gasteiger partial charge >= 0.3 is 12.4 Å². The molecule has 0 atom stereocenters. The van der Waals surface area contributed by atoms with Crippen LogP contribution in [-0.2, 0) is 12.4 Å². The molecule has 1 aliphatic rings. The number of anilines is 3. The SMILES string of the molecule is FC(F)(F)c1cc(Nc2nc(-c3cccc(C(F)(F)F)n3)nc(N3CCNCC3)n2)ccn1. The summed E-state index contributed by atoms with van der Waals surface area (Å²) < 4.78 is 78.3. The van der Waals surface area contributed by atoms with E-state index in [2.05, 4.69) is 35.6 Å². The summed E-state index contributed by atoms with van der Waals surface area (Å²) in [5.74, 6) is -0.141. The minimum atomic E-state index is -4.67. The largest absolute Gasteiger partial charge is 0.433 e. The number of aromatic nitrogens is 5. The average molecular weight is 470 g/mol. The fraction of sp³-hybridized carbons (Fsp3) is 0.316. The summed E-state index contributed by atoms with van der Waals surface area (Å²) in [6.45, 7) is 2.30. The van der Waals surface area contributed by atoms with Crippen molar-refractivity contribution in [3.8, 4) is 11.5 Å². The summed E-state index contributed by atoms with van der Waals surface area (Å²) in [7, 11) is 0. The summed E-state index contributed by atoms with van der Waals surface area (Å²) >= 11 is 0. The molecule has 174 valence electrons. The summed E-state index contributed by atoms with van der Waals surface area (Å²) in [5.41, 5.74) is -2.40. The summed E-state index contributed by atoms with van der Waals surface area (Å²) in [6.07, 6.45) is -8.36. The number of rotatable bonds is 4. The van der Waals surface area contributed by atoms with Crippen LogP contribution in [0.3, 0.4) is 0 Å². The van der Waals surface area contributed by atoms with Crippen molar-refractivity contribution in [1.29, 1.82) is 0 Å². The lowest BCUT2D eigenvalue weighted by Crippen LogP contribution is -2.44. The van der Waals surface area contributed by atoms with E-state index in [0.29, 0.717) is 26.2 Å². The molecule has 3 aromatic rings. The Morgan fingerprint density at radius 1 is 0.848 bits per heavy atom. The van der Waals surface area contributed by atoms with Crippen molar-refractivity contribution in [2.45, 2.75) is 12.4 Å². The molecule has 2 N–H and O–H groups in total. The zero-order valence-corrected chi connectivity index (χ0v) is 16.7. The van der Waals surface area contributed by atoms with Crippen molar-refractivity contribution >= 4 is 17.6 Å². The molecule has 1 aliphatic heterocycles. The van der Waals surface area contributed by atoms with E-state index in [4.69, 9.17) is 0 Å². The fourth-order valence-corrected chi connectivity index (χ4v) is 3.05. The van der Waals surface area contributed by atoms with E-state index in [1.54, 1.807) is 4.90 Å². The molecule has 3 aromatic heterocycles. The molecule has 0 bridgehead atoms. The van der Waals surface area contributed by atoms with Crippen LogP contribution < -0.4 is 15.5 Å². The van der Waals surface area contributed by atoms with Crippen LogP contribution in [0.15, 0.2) is 36.5 Å². The van der Waals surface area contributed by atoms with Crippen LogP contribution in [0.1, 0.15) is 11.4 Å². The Kier molecular flexibility index (Phi) is 6.01. The number of alkyl halides is 6. The zero-order valence-electron chi connectivity index (χ0n) is 16.7. The lowest BCUT2D eigenvalue weighted by atomic mass is 10.3. The molecule has 14 heteroatoms. The highest BCUT2D eigenvalue weighted by Gasteiger charge is 2.33. The van der Waals surface area contributed by atoms with Crippen LogP contribution in [0.2, 0.25) is 0 Å². The first-order valence-electron chi connectivity index (χ1n) is 9.66. The summed E-state index contributed by atoms with van der Waals surface area (Å²) in [4.78, 5) is 21.3. The van der Waals surface area contributed by atoms with Crippen LogP contribution in [0.4, 0.5) is 43.9 Å². The molecule has 0 amide bonds. The zero-order chi connectivity index (χ0) is 23.6. The molecule has 4 rings (SSSR count). The van der Waals surface area contributed by atoms with Gasteiger partial charge in [-0.3, -0.25) is 4.98 Å². The lowest BCUT2D eigenvalue weighted by Gasteiger charge is -2.27. The Bertz CT molecular complexity index is 1130. The Morgan fingerprint density at radius 3 is 2.27 bits per heavy atom. The first kappa shape index (κ1) is 22.6. The molecule has 33 heavy (non-hydrogen) atoms. The molecule has 0 saturated carbocycles. The lowest BCUT2D eigenvalue weighted by molar-refractivity contribution is -0.141. The monoisotopic (exact) mass is 470 g/mol. The molecule has 0 aliphatic carbocycles. The maximum atomic E-state index is 13.1. The van der Waals surface area contributed by atoms with Gasteiger partial charge in [-0.2, -0.15) is 41.3 Å². The van der Waals surface area contributed by atoms with Gasteiger partial charge in [-0.25, -0.2) is 4.98 Å². The van der Waals surface area contributed by atoms with E-state index < -0.39 is 23.7 Å². The number of hydrogen-bond donors (Lipinski definition) is 2. The quantitative estimate of drug-likeness (QED) is 0.560. The van der Waals surface area contributed by atoms with E-state index in [0.717, 1.165) is 18.3 Å². The Hall–Kier alpha value is -3.55. The van der Waals surface area contributed by atoms with Gasteiger partial charge in [-0.1, -0.05) is 6.07 Å². The van der Waals surface area contributed by atoms with E-state index in [1.165, 1.54) is 18.2 Å². The van der Waals surface area contributed by atoms with Crippen LogP contribution in [-0.4, -0.2) is 51.1 Å². The maximum absolute atomic E-state index is 13.1. The second kappa shape index (κ2) is 8.77. The summed E-state index contributed by atoms with van der Waals surface area (Å²) in [6, 6.07) is 5.36. The van der Waals surface area contributed by atoms with E-state index in [9.17, 15) is 26.3 Å². The first-order chi connectivity index (χ1) is 15.6. The molecular formula is C19H16F6N8. The second-order valence-corrected chi connectivity index (χ2v) is 6.98. The minimum Gasteiger partial charge on any atom is -0.338 e. The van der Waals surface area contributed by atoms with Gasteiger partial charge < -0.3 is 15.5 Å². The maximum Gasteiger partial charge on any atom is 0.433 e. The molecule has 0 spiro atoms. The standard InChI is InChI=1S/C19H16F6N8/c20-18(21,22)13-3-1-2-12(29-13)15-30-16(32-17(31-15)33-8-6-26-7-9-33)28-11-4-5-27-14(10-11)19(23,24)25/h1-5,10,26H,6-9H2,(H,27,28,30,31,32). The van der Waals surface area contributed by atoms with E-state index in [-0.39, 0.29) is 29.1 Å². The van der Waals surface area contributed by atoms with Gasteiger partial charge in [0, 0.05) is 38.1 Å². The van der Waals surface area contributed by atoms with E-state index in [1.807, 2.05) is 0 Å². The predicted molar refractivity (Wildman–Crippen MR) is 106 cm³/mol.